The zero-order chi connectivity index (χ0) is 20.4. The van der Waals surface area contributed by atoms with Crippen LogP contribution in [0.1, 0.15) is 58.8 Å². The molecule has 28 heavy (non-hydrogen) atoms. The number of piperidine rings is 1. The molecule has 0 aliphatic carbocycles. The van der Waals surface area contributed by atoms with E-state index >= 15 is 0 Å². The van der Waals surface area contributed by atoms with Crippen molar-refractivity contribution >= 4 is 17.5 Å². The van der Waals surface area contributed by atoms with Crippen molar-refractivity contribution in [3.63, 3.8) is 0 Å². The highest BCUT2D eigenvalue weighted by atomic mass is 16.5. The Morgan fingerprint density at radius 1 is 1.11 bits per heavy atom. The number of nitrogens with zero attached hydrogens (tertiary/aromatic N) is 1. The number of hydrogen-bond acceptors (Lipinski definition) is 4. The number of likely N-dealkylation sites (tertiary alicyclic amines) is 1. The fourth-order valence-electron chi connectivity index (χ4n) is 3.30. The SMILES string of the molecule is CCCCC[C@](C)(OC)C(=O)Nc1ccc(OCC(=O)N2CCCCC2)cc1. The molecular formula is C22H34N2O4. The molecule has 0 radical (unpaired) electrons. The smallest absolute Gasteiger partial charge is 0.260 e. The molecule has 0 bridgehead atoms. The number of methoxy groups -OCH3 is 1. The number of hydrogen-bond donors (Lipinski definition) is 1. The largest absolute Gasteiger partial charge is 0.484 e. The quantitative estimate of drug-likeness (QED) is 0.613. The first-order chi connectivity index (χ1) is 13.5. The lowest BCUT2D eigenvalue weighted by atomic mass is 9.97. The van der Waals surface area contributed by atoms with E-state index in [4.69, 9.17) is 9.47 Å². The third kappa shape index (κ3) is 6.51. The molecule has 156 valence electrons. The van der Waals surface area contributed by atoms with Crippen LogP contribution in [0.5, 0.6) is 5.75 Å². The summed E-state index contributed by atoms with van der Waals surface area (Å²) >= 11 is 0. The van der Waals surface area contributed by atoms with Gasteiger partial charge in [0.2, 0.25) is 0 Å². The number of carbonyl (C=O) groups is 2. The minimum absolute atomic E-state index is 0.0278. The number of rotatable bonds is 10. The summed E-state index contributed by atoms with van der Waals surface area (Å²) in [7, 11) is 1.57. The fraction of sp³-hybridized carbons (Fsp3) is 0.636. The topological polar surface area (TPSA) is 67.9 Å². The van der Waals surface area contributed by atoms with Crippen molar-refractivity contribution in [2.45, 2.75) is 64.4 Å². The van der Waals surface area contributed by atoms with Crippen LogP contribution in [-0.4, -0.2) is 49.1 Å². The van der Waals surface area contributed by atoms with Crippen LogP contribution in [0.15, 0.2) is 24.3 Å². The van der Waals surface area contributed by atoms with E-state index in [1.165, 1.54) is 6.42 Å². The van der Waals surface area contributed by atoms with Gasteiger partial charge in [-0.15, -0.1) is 0 Å². The molecule has 1 aromatic carbocycles. The van der Waals surface area contributed by atoms with Crippen LogP contribution in [0, 0.1) is 0 Å². The molecule has 2 amide bonds. The number of nitrogens with one attached hydrogen (secondary N) is 1. The summed E-state index contributed by atoms with van der Waals surface area (Å²) < 4.78 is 11.1. The van der Waals surface area contributed by atoms with E-state index in [2.05, 4.69) is 12.2 Å². The summed E-state index contributed by atoms with van der Waals surface area (Å²) in [6, 6.07) is 7.09. The summed E-state index contributed by atoms with van der Waals surface area (Å²) in [6.07, 6.45) is 7.14. The molecule has 6 heteroatoms. The number of carbonyl (C=O) groups excluding carboxylic acids is 2. The van der Waals surface area contributed by atoms with Gasteiger partial charge in [-0.25, -0.2) is 0 Å². The molecule has 1 saturated heterocycles. The van der Waals surface area contributed by atoms with Gasteiger partial charge in [-0.1, -0.05) is 26.2 Å². The second-order valence-corrected chi connectivity index (χ2v) is 7.60. The van der Waals surface area contributed by atoms with Crippen LogP contribution in [0.4, 0.5) is 5.69 Å². The van der Waals surface area contributed by atoms with Crippen molar-refractivity contribution in [1.29, 1.82) is 0 Å². The van der Waals surface area contributed by atoms with E-state index in [1.54, 1.807) is 31.4 Å². The summed E-state index contributed by atoms with van der Waals surface area (Å²) in [5, 5.41) is 2.91. The molecular weight excluding hydrogens is 356 g/mol. The van der Waals surface area contributed by atoms with Crippen molar-refractivity contribution in [1.82, 2.24) is 4.90 Å². The highest BCUT2D eigenvalue weighted by Gasteiger charge is 2.32. The second kappa shape index (κ2) is 11.1. The van der Waals surface area contributed by atoms with Gasteiger partial charge in [-0.2, -0.15) is 0 Å². The lowest BCUT2D eigenvalue weighted by Crippen LogP contribution is -2.41. The molecule has 2 rings (SSSR count). The highest BCUT2D eigenvalue weighted by molar-refractivity contribution is 5.97. The Hall–Kier alpha value is -2.08. The Balaban J connectivity index is 1.84. The van der Waals surface area contributed by atoms with Crippen LogP contribution in [0.3, 0.4) is 0 Å². The lowest BCUT2D eigenvalue weighted by Gasteiger charge is -2.27. The van der Waals surface area contributed by atoms with Crippen LogP contribution in [-0.2, 0) is 14.3 Å². The van der Waals surface area contributed by atoms with E-state index in [-0.39, 0.29) is 18.4 Å². The van der Waals surface area contributed by atoms with Crippen LogP contribution < -0.4 is 10.1 Å². The maximum Gasteiger partial charge on any atom is 0.260 e. The third-order valence-corrected chi connectivity index (χ3v) is 5.37. The second-order valence-electron chi connectivity index (χ2n) is 7.60. The maximum absolute atomic E-state index is 12.6. The van der Waals surface area contributed by atoms with E-state index in [1.807, 2.05) is 11.8 Å². The minimum atomic E-state index is -0.842. The molecule has 0 aromatic heterocycles. The highest BCUT2D eigenvalue weighted by Crippen LogP contribution is 2.22. The number of anilines is 1. The van der Waals surface area contributed by atoms with Crippen molar-refractivity contribution in [3.8, 4) is 5.75 Å². The van der Waals surface area contributed by atoms with E-state index in [9.17, 15) is 9.59 Å². The van der Waals surface area contributed by atoms with E-state index in [0.29, 0.717) is 17.9 Å². The van der Waals surface area contributed by atoms with Gasteiger partial charge in [0, 0.05) is 25.9 Å². The molecule has 1 aromatic rings. The monoisotopic (exact) mass is 390 g/mol. The maximum atomic E-state index is 12.6. The summed E-state index contributed by atoms with van der Waals surface area (Å²) in [4.78, 5) is 26.6. The lowest BCUT2D eigenvalue weighted by molar-refractivity contribution is -0.136. The molecule has 1 heterocycles. The van der Waals surface area contributed by atoms with Gasteiger partial charge in [0.1, 0.15) is 11.4 Å². The predicted octanol–water partition coefficient (Wildman–Crippen LogP) is 4.00. The fourth-order valence-corrected chi connectivity index (χ4v) is 3.30. The Labute approximate surface area is 168 Å². The molecule has 0 saturated carbocycles. The van der Waals surface area contributed by atoms with Gasteiger partial charge in [-0.3, -0.25) is 9.59 Å². The van der Waals surface area contributed by atoms with Gasteiger partial charge in [0.25, 0.3) is 11.8 Å². The first-order valence-corrected chi connectivity index (χ1v) is 10.4. The number of unbranched alkanes of at least 4 members (excludes halogenated alkanes) is 2. The first kappa shape index (κ1) is 22.2. The predicted molar refractivity (Wildman–Crippen MR) is 111 cm³/mol. The summed E-state index contributed by atoms with van der Waals surface area (Å²) in [6.45, 7) is 5.65. The Morgan fingerprint density at radius 2 is 1.79 bits per heavy atom. The molecule has 1 aliphatic heterocycles. The number of benzene rings is 1. The van der Waals surface area contributed by atoms with Gasteiger partial charge >= 0.3 is 0 Å². The number of amides is 2. The minimum Gasteiger partial charge on any atom is -0.484 e. The summed E-state index contributed by atoms with van der Waals surface area (Å²) in [5.41, 5.74) is -0.163. The van der Waals surface area contributed by atoms with Gasteiger partial charge in [-0.05, 0) is 56.9 Å². The normalized spacial score (nSPS) is 16.3. The van der Waals surface area contributed by atoms with Crippen LogP contribution >= 0.6 is 0 Å². The van der Waals surface area contributed by atoms with Gasteiger partial charge in [0.05, 0.1) is 0 Å². The standard InChI is InChI=1S/C22H34N2O4/c1-4-5-7-14-22(2,27-3)21(26)23-18-10-12-19(13-11-18)28-17-20(25)24-15-8-6-9-16-24/h10-13H,4-9,14-17H2,1-3H3,(H,23,26)/t22-/m0/s1. The van der Waals surface area contributed by atoms with Gasteiger partial charge in [0.15, 0.2) is 6.61 Å². The van der Waals surface area contributed by atoms with E-state index in [0.717, 1.165) is 45.2 Å². The van der Waals surface area contributed by atoms with Gasteiger partial charge < -0.3 is 19.7 Å². The Bertz CT molecular complexity index is 626. The molecule has 1 aliphatic rings. The molecule has 6 nitrogen and oxygen atoms in total. The average Bonchev–Trinajstić information content (AvgIpc) is 2.73. The van der Waals surface area contributed by atoms with Crippen LogP contribution in [0.25, 0.3) is 0 Å². The molecule has 1 fully saturated rings. The van der Waals surface area contributed by atoms with Crippen LogP contribution in [0.2, 0.25) is 0 Å². The summed E-state index contributed by atoms with van der Waals surface area (Å²) in [5.74, 6) is 0.487. The molecule has 1 atom stereocenters. The van der Waals surface area contributed by atoms with Crippen molar-refractivity contribution in [3.05, 3.63) is 24.3 Å². The average molecular weight is 391 g/mol. The third-order valence-electron chi connectivity index (χ3n) is 5.37. The zero-order valence-electron chi connectivity index (χ0n) is 17.5. The number of ether oxygens (including phenoxy) is 2. The zero-order valence-corrected chi connectivity index (χ0v) is 17.5. The Morgan fingerprint density at radius 3 is 2.39 bits per heavy atom. The first-order valence-electron chi connectivity index (χ1n) is 10.4. The van der Waals surface area contributed by atoms with Crippen molar-refractivity contribution < 1.29 is 19.1 Å². The van der Waals surface area contributed by atoms with Crippen molar-refractivity contribution in [2.24, 2.45) is 0 Å². The Kier molecular flexibility index (Phi) is 8.77. The molecule has 0 spiro atoms. The van der Waals surface area contributed by atoms with Crippen molar-refractivity contribution in [2.75, 3.05) is 32.1 Å². The molecule has 1 N–H and O–H groups in total. The van der Waals surface area contributed by atoms with E-state index < -0.39 is 5.60 Å². The molecule has 0 unspecified atom stereocenters.